The number of amides is 1. The number of halogens is 2. The molecule has 1 aliphatic heterocycles. The van der Waals surface area contributed by atoms with Gasteiger partial charge >= 0.3 is 0 Å². The summed E-state index contributed by atoms with van der Waals surface area (Å²) in [4.78, 5) is 19.2. The normalized spacial score (nSPS) is 15.6. The molecule has 0 aromatic carbocycles. The Morgan fingerprint density at radius 2 is 2.05 bits per heavy atom. The quantitative estimate of drug-likeness (QED) is 0.0999. The van der Waals surface area contributed by atoms with Crippen LogP contribution in [0.5, 0.6) is 0 Å². The van der Waals surface area contributed by atoms with E-state index in [1.54, 1.807) is 9.58 Å². The van der Waals surface area contributed by atoms with Crippen molar-refractivity contribution in [2.75, 3.05) is 20.3 Å². The predicted octanol–water partition coefficient (Wildman–Crippen LogP) is 5.82. The van der Waals surface area contributed by atoms with Crippen LogP contribution in [-0.2, 0) is 34.4 Å². The van der Waals surface area contributed by atoms with E-state index in [-0.39, 0.29) is 42.8 Å². The fourth-order valence-electron chi connectivity index (χ4n) is 4.98. The monoisotopic (exact) mass is 592 g/mol. The SMILES string of the molecule is C=CC(=O)N1Cc2cc(-c3nc(-c4ccn(C)n4)c4ccsc4c3/C(C(=C)OCCOC)=C(F)/C=C/F)nn2C[C@H]1C. The third-order valence-corrected chi connectivity index (χ3v) is 7.90. The fourth-order valence-corrected chi connectivity index (χ4v) is 5.93. The molecule has 0 N–H and O–H groups in total. The molecule has 1 atom stereocenters. The van der Waals surface area contributed by atoms with Gasteiger partial charge in [0.15, 0.2) is 0 Å². The van der Waals surface area contributed by atoms with E-state index in [0.717, 1.165) is 11.1 Å². The van der Waals surface area contributed by atoms with Crippen LogP contribution in [0.1, 0.15) is 18.2 Å². The Hall–Kier alpha value is -4.42. The number of carbonyl (C=O) groups excluding carboxylic acids is 1. The Labute approximate surface area is 245 Å². The van der Waals surface area contributed by atoms with E-state index in [1.165, 1.54) is 24.5 Å². The summed E-state index contributed by atoms with van der Waals surface area (Å²) in [5.74, 6) is -1.07. The van der Waals surface area contributed by atoms with Crippen molar-refractivity contribution in [1.82, 2.24) is 29.4 Å². The average molecular weight is 593 g/mol. The summed E-state index contributed by atoms with van der Waals surface area (Å²) in [7, 11) is 3.33. The third kappa shape index (κ3) is 5.42. The molecular weight excluding hydrogens is 562 g/mol. The van der Waals surface area contributed by atoms with Crippen molar-refractivity contribution >= 4 is 32.9 Å². The zero-order valence-corrected chi connectivity index (χ0v) is 24.3. The Bertz CT molecular complexity index is 1730. The lowest BCUT2D eigenvalue weighted by Gasteiger charge is -2.33. The van der Waals surface area contributed by atoms with Crippen molar-refractivity contribution in [3.05, 3.63) is 84.3 Å². The number of pyridine rings is 1. The molecule has 5 heterocycles. The minimum Gasteiger partial charge on any atom is -0.491 e. The maximum atomic E-state index is 15.8. The van der Waals surface area contributed by atoms with Gasteiger partial charge in [-0.15, -0.1) is 11.3 Å². The predicted molar refractivity (Wildman–Crippen MR) is 158 cm³/mol. The van der Waals surface area contributed by atoms with E-state index < -0.39 is 5.83 Å². The molecule has 4 aromatic heterocycles. The highest BCUT2D eigenvalue weighted by Gasteiger charge is 2.30. The van der Waals surface area contributed by atoms with Crippen LogP contribution in [0.2, 0.25) is 0 Å². The summed E-state index contributed by atoms with van der Waals surface area (Å²) in [5, 5.41) is 12.0. The molecule has 1 amide bonds. The van der Waals surface area contributed by atoms with Crippen molar-refractivity contribution in [1.29, 1.82) is 0 Å². The molecule has 12 heteroatoms. The van der Waals surface area contributed by atoms with Gasteiger partial charge in [-0.1, -0.05) is 13.2 Å². The number of nitrogens with zero attached hydrogens (tertiary/aromatic N) is 6. The van der Waals surface area contributed by atoms with Crippen LogP contribution >= 0.6 is 11.3 Å². The van der Waals surface area contributed by atoms with Gasteiger partial charge in [0.05, 0.1) is 43.0 Å². The van der Waals surface area contributed by atoms with Crippen LogP contribution in [0, 0.1) is 0 Å². The van der Waals surface area contributed by atoms with E-state index in [2.05, 4.69) is 18.3 Å². The summed E-state index contributed by atoms with van der Waals surface area (Å²) in [6.07, 6.45) is 3.95. The van der Waals surface area contributed by atoms with Crippen LogP contribution in [0.25, 0.3) is 38.4 Å². The highest BCUT2D eigenvalue weighted by atomic mass is 32.1. The highest BCUT2D eigenvalue weighted by molar-refractivity contribution is 7.17. The van der Waals surface area contributed by atoms with Crippen LogP contribution in [0.4, 0.5) is 8.78 Å². The van der Waals surface area contributed by atoms with Crippen molar-refractivity contribution in [2.24, 2.45) is 7.05 Å². The minimum absolute atomic E-state index is 0.00802. The third-order valence-electron chi connectivity index (χ3n) is 6.97. The molecule has 0 unspecified atom stereocenters. The lowest BCUT2D eigenvalue weighted by Crippen LogP contribution is -2.44. The molecule has 0 bridgehead atoms. The van der Waals surface area contributed by atoms with Gasteiger partial charge in [0.25, 0.3) is 0 Å². The number of hydrogen-bond acceptors (Lipinski definition) is 7. The molecule has 218 valence electrons. The van der Waals surface area contributed by atoms with Crippen molar-refractivity contribution in [3.63, 3.8) is 0 Å². The lowest BCUT2D eigenvalue weighted by atomic mass is 9.96. The number of carbonyl (C=O) groups is 1. The first kappa shape index (κ1) is 29.1. The second kappa shape index (κ2) is 12.2. The Morgan fingerprint density at radius 1 is 1.24 bits per heavy atom. The van der Waals surface area contributed by atoms with Gasteiger partial charge in [0.1, 0.15) is 35.3 Å². The van der Waals surface area contributed by atoms with Gasteiger partial charge in [-0.2, -0.15) is 10.2 Å². The van der Waals surface area contributed by atoms with E-state index in [9.17, 15) is 9.18 Å². The number of hydrogen-bond donors (Lipinski definition) is 0. The average Bonchev–Trinajstić information content (AvgIpc) is 3.72. The topological polar surface area (TPSA) is 87.3 Å². The molecule has 0 radical (unpaired) electrons. The summed E-state index contributed by atoms with van der Waals surface area (Å²) in [5.41, 5.74) is 3.09. The maximum Gasteiger partial charge on any atom is 0.246 e. The Morgan fingerprint density at radius 3 is 2.74 bits per heavy atom. The number of aryl methyl sites for hydroxylation is 1. The molecule has 0 fully saturated rings. The van der Waals surface area contributed by atoms with Crippen LogP contribution in [0.3, 0.4) is 0 Å². The first-order valence-electron chi connectivity index (χ1n) is 13.2. The van der Waals surface area contributed by atoms with E-state index in [0.29, 0.717) is 52.2 Å². The zero-order valence-electron chi connectivity index (χ0n) is 23.5. The van der Waals surface area contributed by atoms with Crippen LogP contribution in [0.15, 0.2) is 73.0 Å². The number of rotatable bonds is 10. The highest BCUT2D eigenvalue weighted by Crippen LogP contribution is 2.44. The molecule has 0 aliphatic carbocycles. The molecule has 0 saturated heterocycles. The standard InChI is InChI=1S/C30H30F2N6O3S/c1-6-25(39)37-17-20-15-24(35-38(20)16-18(37)2)29-27(26(22(32)7-10-31)19(3)41-13-12-40-5)30-21(9-14-42-30)28(33-29)23-8-11-36(4)34-23/h6-11,14-15,18H,1,3,12-13,16-17H2,2,4-5H3/b10-7+,26-22-/t18-/m1/s1. The van der Waals surface area contributed by atoms with Crippen molar-refractivity contribution in [3.8, 4) is 22.8 Å². The first-order chi connectivity index (χ1) is 20.3. The van der Waals surface area contributed by atoms with E-state index >= 15 is 4.39 Å². The van der Waals surface area contributed by atoms with Crippen molar-refractivity contribution < 1.29 is 23.0 Å². The summed E-state index contributed by atoms with van der Waals surface area (Å²) < 4.78 is 44.2. The zero-order chi connectivity index (χ0) is 30.0. The van der Waals surface area contributed by atoms with Gasteiger partial charge in [0, 0.05) is 48.1 Å². The second-order valence-electron chi connectivity index (χ2n) is 9.72. The molecule has 9 nitrogen and oxygen atoms in total. The molecule has 0 saturated carbocycles. The molecule has 42 heavy (non-hydrogen) atoms. The molecule has 1 aliphatic rings. The van der Waals surface area contributed by atoms with Crippen molar-refractivity contribution in [2.45, 2.75) is 26.1 Å². The minimum atomic E-state index is -0.886. The maximum absolute atomic E-state index is 15.8. The van der Waals surface area contributed by atoms with Crippen LogP contribution in [-0.4, -0.2) is 61.7 Å². The molecule has 4 aromatic rings. The lowest BCUT2D eigenvalue weighted by molar-refractivity contribution is -0.129. The van der Waals surface area contributed by atoms with Gasteiger partial charge in [0.2, 0.25) is 5.91 Å². The molecular formula is C30H30F2N6O3S. The van der Waals surface area contributed by atoms with Gasteiger partial charge in [-0.25, -0.2) is 13.8 Å². The van der Waals surface area contributed by atoms with E-state index in [4.69, 9.17) is 19.6 Å². The number of methoxy groups -OCH3 is 1. The summed E-state index contributed by atoms with van der Waals surface area (Å²) in [6, 6.07) is 5.44. The van der Waals surface area contributed by atoms with Gasteiger partial charge in [-0.05, 0) is 36.6 Å². The number of aromatic nitrogens is 5. The van der Waals surface area contributed by atoms with Gasteiger partial charge < -0.3 is 14.4 Å². The second-order valence-corrected chi connectivity index (χ2v) is 10.6. The number of fused-ring (bicyclic) bond motifs is 2. The van der Waals surface area contributed by atoms with Gasteiger partial charge in [-0.3, -0.25) is 14.2 Å². The number of ether oxygens (including phenoxy) is 2. The fraction of sp³-hybridized carbons (Fsp3) is 0.267. The van der Waals surface area contributed by atoms with E-state index in [1.807, 2.05) is 48.4 Å². The molecule has 5 rings (SSSR count). The Balaban J connectivity index is 1.78. The first-order valence-corrected chi connectivity index (χ1v) is 14.0. The number of allylic oxidation sites excluding steroid dienone is 3. The van der Waals surface area contributed by atoms with Crippen LogP contribution < -0.4 is 0 Å². The summed E-state index contributed by atoms with van der Waals surface area (Å²) >= 11 is 1.38. The largest absolute Gasteiger partial charge is 0.491 e. The molecule has 0 spiro atoms. The summed E-state index contributed by atoms with van der Waals surface area (Å²) in [6.45, 7) is 10.7. The Kier molecular flexibility index (Phi) is 8.46. The smallest absolute Gasteiger partial charge is 0.246 e. The number of thiophene rings is 1.